The molecule has 28 heavy (non-hydrogen) atoms. The number of ether oxygens (including phenoxy) is 1. The molecule has 0 saturated heterocycles. The monoisotopic (exact) mass is 377 g/mol. The van der Waals surface area contributed by atoms with E-state index in [4.69, 9.17) is 10.1 Å². The molecule has 144 valence electrons. The summed E-state index contributed by atoms with van der Waals surface area (Å²) in [6, 6.07) is 12.2. The van der Waals surface area contributed by atoms with E-state index in [0.717, 1.165) is 11.1 Å². The molecule has 3 rings (SSSR count). The SMILES string of the molecule is COc1cc2c(ccc(=O)n2C(C)c2ccccn2)cc1/C(C(C)=N)=C(\C)O. The lowest BCUT2D eigenvalue weighted by Gasteiger charge is -2.20. The molecule has 3 aromatic rings. The van der Waals surface area contributed by atoms with Gasteiger partial charge in [0.2, 0.25) is 0 Å². The molecule has 0 aliphatic heterocycles. The van der Waals surface area contributed by atoms with Crippen LogP contribution in [0.1, 0.15) is 38.1 Å². The number of hydrogen-bond acceptors (Lipinski definition) is 5. The van der Waals surface area contributed by atoms with Gasteiger partial charge in [0.15, 0.2) is 0 Å². The molecule has 1 unspecified atom stereocenters. The number of allylic oxidation sites excluding steroid dienone is 2. The van der Waals surface area contributed by atoms with Gasteiger partial charge < -0.3 is 15.3 Å². The van der Waals surface area contributed by atoms with E-state index in [1.807, 2.05) is 31.2 Å². The van der Waals surface area contributed by atoms with Crippen LogP contribution in [0.15, 0.2) is 59.2 Å². The van der Waals surface area contributed by atoms with Crippen LogP contribution in [0.25, 0.3) is 16.5 Å². The van der Waals surface area contributed by atoms with Crippen LogP contribution in [-0.4, -0.2) is 27.5 Å². The fourth-order valence-corrected chi connectivity index (χ4v) is 3.48. The number of aliphatic hydroxyl groups excluding tert-OH is 1. The van der Waals surface area contributed by atoms with Crippen molar-refractivity contribution in [1.82, 2.24) is 9.55 Å². The Hall–Kier alpha value is -3.41. The fourth-order valence-electron chi connectivity index (χ4n) is 3.48. The van der Waals surface area contributed by atoms with E-state index in [1.165, 1.54) is 13.2 Å². The predicted molar refractivity (Wildman–Crippen MR) is 111 cm³/mol. The molecule has 2 heterocycles. The van der Waals surface area contributed by atoms with E-state index in [2.05, 4.69) is 4.98 Å². The Morgan fingerprint density at radius 3 is 2.54 bits per heavy atom. The van der Waals surface area contributed by atoms with Crippen molar-refractivity contribution in [1.29, 1.82) is 5.41 Å². The predicted octanol–water partition coefficient (Wildman–Crippen LogP) is 4.34. The van der Waals surface area contributed by atoms with E-state index >= 15 is 0 Å². The van der Waals surface area contributed by atoms with Crippen molar-refractivity contribution in [2.24, 2.45) is 0 Å². The Morgan fingerprint density at radius 1 is 1.21 bits per heavy atom. The third-order valence-electron chi connectivity index (χ3n) is 4.76. The maximum atomic E-state index is 12.7. The van der Waals surface area contributed by atoms with Gasteiger partial charge in [-0.15, -0.1) is 0 Å². The molecule has 2 N–H and O–H groups in total. The minimum atomic E-state index is -0.271. The zero-order chi connectivity index (χ0) is 20.4. The van der Waals surface area contributed by atoms with Crippen molar-refractivity contribution in [3.05, 3.63) is 76.0 Å². The van der Waals surface area contributed by atoms with E-state index < -0.39 is 0 Å². The molecule has 0 amide bonds. The molecule has 0 aliphatic rings. The molecule has 2 aromatic heterocycles. The van der Waals surface area contributed by atoms with Crippen LogP contribution < -0.4 is 10.3 Å². The molecular formula is C22H23N3O3. The molecule has 1 aromatic carbocycles. The first-order valence-electron chi connectivity index (χ1n) is 8.95. The standard InChI is InChI=1S/C22H23N3O3/c1-13(23)22(15(3)26)17-11-16-8-9-21(27)25(19(16)12-20(17)28-4)14(2)18-7-5-6-10-24-18/h5-12,14,23,26H,1-4H3/b22-15+,23-13?. The Labute approximate surface area is 163 Å². The van der Waals surface area contributed by atoms with Crippen molar-refractivity contribution in [3.63, 3.8) is 0 Å². The zero-order valence-corrected chi connectivity index (χ0v) is 16.4. The Kier molecular flexibility index (Phi) is 5.31. The zero-order valence-electron chi connectivity index (χ0n) is 16.4. The topological polar surface area (TPSA) is 88.2 Å². The maximum Gasteiger partial charge on any atom is 0.251 e. The van der Waals surface area contributed by atoms with Gasteiger partial charge in [-0.2, -0.15) is 0 Å². The number of methoxy groups -OCH3 is 1. The van der Waals surface area contributed by atoms with Crippen LogP contribution in [0.2, 0.25) is 0 Å². The summed E-state index contributed by atoms with van der Waals surface area (Å²) in [5, 5.41) is 18.9. The Morgan fingerprint density at radius 2 is 1.96 bits per heavy atom. The number of aromatic nitrogens is 2. The second kappa shape index (κ2) is 7.68. The summed E-state index contributed by atoms with van der Waals surface area (Å²) in [6.07, 6.45) is 1.70. The third kappa shape index (κ3) is 3.41. The Balaban J connectivity index is 2.32. The van der Waals surface area contributed by atoms with Gasteiger partial charge in [-0.05, 0) is 50.4 Å². The number of hydrogen-bond donors (Lipinski definition) is 2. The average molecular weight is 377 g/mol. The summed E-state index contributed by atoms with van der Waals surface area (Å²) in [6.45, 7) is 5.08. The summed E-state index contributed by atoms with van der Waals surface area (Å²) in [5.41, 5.74) is 2.59. The van der Waals surface area contributed by atoms with E-state index in [-0.39, 0.29) is 23.1 Å². The highest BCUT2D eigenvalue weighted by Crippen LogP contribution is 2.33. The molecule has 0 spiro atoms. The molecular weight excluding hydrogens is 354 g/mol. The summed E-state index contributed by atoms with van der Waals surface area (Å²) >= 11 is 0. The van der Waals surface area contributed by atoms with E-state index in [0.29, 0.717) is 22.4 Å². The summed E-state index contributed by atoms with van der Waals surface area (Å²) in [4.78, 5) is 17.1. The van der Waals surface area contributed by atoms with Crippen molar-refractivity contribution < 1.29 is 9.84 Å². The smallest absolute Gasteiger partial charge is 0.251 e. The molecule has 0 fully saturated rings. The number of fused-ring (bicyclic) bond motifs is 1. The minimum absolute atomic E-state index is 0.0420. The van der Waals surface area contributed by atoms with Gasteiger partial charge in [0, 0.05) is 35.2 Å². The fraction of sp³-hybridized carbons (Fsp3) is 0.227. The first kappa shape index (κ1) is 19.4. The van der Waals surface area contributed by atoms with Gasteiger partial charge in [-0.1, -0.05) is 6.07 Å². The normalized spacial score (nSPS) is 13.1. The largest absolute Gasteiger partial charge is 0.512 e. The summed E-state index contributed by atoms with van der Waals surface area (Å²) < 4.78 is 7.22. The van der Waals surface area contributed by atoms with Gasteiger partial charge in [-0.25, -0.2) is 0 Å². The molecule has 0 aliphatic carbocycles. The number of rotatable bonds is 5. The number of pyridine rings is 2. The lowest BCUT2D eigenvalue weighted by atomic mass is 9.97. The van der Waals surface area contributed by atoms with Crippen LogP contribution in [0.4, 0.5) is 0 Å². The number of benzene rings is 1. The van der Waals surface area contributed by atoms with Crippen molar-refractivity contribution in [3.8, 4) is 5.75 Å². The van der Waals surface area contributed by atoms with Crippen molar-refractivity contribution >= 4 is 22.2 Å². The number of aliphatic hydroxyl groups is 1. The first-order valence-corrected chi connectivity index (χ1v) is 8.95. The molecule has 0 saturated carbocycles. The van der Waals surface area contributed by atoms with Crippen LogP contribution in [0, 0.1) is 5.41 Å². The molecule has 0 bridgehead atoms. The minimum Gasteiger partial charge on any atom is -0.512 e. The molecule has 1 atom stereocenters. The lowest BCUT2D eigenvalue weighted by Crippen LogP contribution is -2.24. The van der Waals surface area contributed by atoms with Gasteiger partial charge in [-0.3, -0.25) is 14.3 Å². The van der Waals surface area contributed by atoms with E-state index in [9.17, 15) is 9.90 Å². The summed E-state index contributed by atoms with van der Waals surface area (Å²) in [5.74, 6) is 0.524. The van der Waals surface area contributed by atoms with Gasteiger partial charge in [0.1, 0.15) is 5.75 Å². The highest BCUT2D eigenvalue weighted by molar-refractivity contribution is 6.22. The van der Waals surface area contributed by atoms with Gasteiger partial charge in [0.05, 0.1) is 30.1 Å². The van der Waals surface area contributed by atoms with Crippen LogP contribution in [0.5, 0.6) is 5.75 Å². The number of nitrogens with one attached hydrogen (secondary N) is 1. The molecule has 6 heteroatoms. The van der Waals surface area contributed by atoms with Crippen LogP contribution in [0.3, 0.4) is 0 Å². The van der Waals surface area contributed by atoms with Crippen LogP contribution in [-0.2, 0) is 0 Å². The maximum absolute atomic E-state index is 12.7. The molecule has 6 nitrogen and oxygen atoms in total. The molecule has 0 radical (unpaired) electrons. The lowest BCUT2D eigenvalue weighted by molar-refractivity contribution is 0.409. The third-order valence-corrected chi connectivity index (χ3v) is 4.76. The summed E-state index contributed by atoms with van der Waals surface area (Å²) in [7, 11) is 1.53. The second-order valence-electron chi connectivity index (χ2n) is 6.67. The van der Waals surface area contributed by atoms with E-state index in [1.54, 1.807) is 36.7 Å². The van der Waals surface area contributed by atoms with Crippen molar-refractivity contribution in [2.45, 2.75) is 26.8 Å². The Bertz CT molecular complexity index is 1130. The second-order valence-corrected chi connectivity index (χ2v) is 6.67. The first-order chi connectivity index (χ1) is 13.3. The highest BCUT2D eigenvalue weighted by atomic mass is 16.5. The van der Waals surface area contributed by atoms with Gasteiger partial charge >= 0.3 is 0 Å². The van der Waals surface area contributed by atoms with Gasteiger partial charge in [0.25, 0.3) is 5.56 Å². The van der Waals surface area contributed by atoms with Crippen LogP contribution >= 0.6 is 0 Å². The highest BCUT2D eigenvalue weighted by Gasteiger charge is 2.19. The quantitative estimate of drug-likeness (QED) is 0.511. The number of nitrogens with zero attached hydrogens (tertiary/aromatic N) is 2. The van der Waals surface area contributed by atoms with Crippen molar-refractivity contribution in [2.75, 3.05) is 7.11 Å². The average Bonchev–Trinajstić information content (AvgIpc) is 2.67.